The van der Waals surface area contributed by atoms with Crippen molar-refractivity contribution < 1.29 is 0 Å². The molecule has 2 N–H and O–H groups in total. The fourth-order valence-corrected chi connectivity index (χ4v) is 1.26. The average molecular weight is 207 g/mol. The second-order valence-electron chi connectivity index (χ2n) is 5.00. The Balaban J connectivity index is 2.04. The van der Waals surface area contributed by atoms with Crippen molar-refractivity contribution in [1.29, 1.82) is 0 Å². The lowest BCUT2D eigenvalue weighted by Crippen LogP contribution is -2.27. The first-order valence-electron chi connectivity index (χ1n) is 5.28. The van der Waals surface area contributed by atoms with E-state index in [4.69, 9.17) is 0 Å². The minimum absolute atomic E-state index is 0.00706. The smallest absolute Gasteiger partial charge is 0.154 e. The van der Waals surface area contributed by atoms with E-state index in [2.05, 4.69) is 46.8 Å². The highest BCUT2D eigenvalue weighted by atomic mass is 15.4. The molecule has 0 aliphatic heterocycles. The summed E-state index contributed by atoms with van der Waals surface area (Å²) >= 11 is 0. The van der Waals surface area contributed by atoms with E-state index < -0.39 is 0 Å². The first-order valence-corrected chi connectivity index (χ1v) is 5.28. The number of rotatable bonds is 3. The minimum Gasteiger partial charge on any atom is -0.366 e. The van der Waals surface area contributed by atoms with E-state index in [1.54, 1.807) is 0 Å². The molecular formula is C10H17N5. The van der Waals surface area contributed by atoms with Gasteiger partial charge >= 0.3 is 0 Å². The standard InChI is InChI=1S/C10H17N5/c1-10(2,3)12-9-6-8(13-15-14-9)11-7-4-5-7/h6-7H,4-5H2,1-3H3,(H2,11,12,13,14). The maximum Gasteiger partial charge on any atom is 0.154 e. The Bertz CT molecular complexity index is 340. The first kappa shape index (κ1) is 10.1. The van der Waals surface area contributed by atoms with Crippen LogP contribution in [0.1, 0.15) is 33.6 Å². The van der Waals surface area contributed by atoms with Crippen LogP contribution in [0.3, 0.4) is 0 Å². The van der Waals surface area contributed by atoms with Gasteiger partial charge < -0.3 is 10.6 Å². The van der Waals surface area contributed by atoms with Gasteiger partial charge in [-0.25, -0.2) is 0 Å². The molecule has 0 amide bonds. The molecule has 1 aliphatic carbocycles. The van der Waals surface area contributed by atoms with Crippen LogP contribution >= 0.6 is 0 Å². The van der Waals surface area contributed by atoms with Gasteiger partial charge in [-0.1, -0.05) is 0 Å². The van der Waals surface area contributed by atoms with Crippen molar-refractivity contribution in [1.82, 2.24) is 15.4 Å². The summed E-state index contributed by atoms with van der Waals surface area (Å²) in [6.45, 7) is 6.26. The van der Waals surface area contributed by atoms with Gasteiger partial charge in [0, 0.05) is 17.6 Å². The van der Waals surface area contributed by atoms with Crippen LogP contribution in [0.4, 0.5) is 11.6 Å². The molecule has 2 rings (SSSR count). The predicted octanol–water partition coefficient (Wildman–Crippen LogP) is 1.66. The van der Waals surface area contributed by atoms with Gasteiger partial charge in [-0.3, -0.25) is 0 Å². The Morgan fingerprint density at radius 1 is 1.20 bits per heavy atom. The Morgan fingerprint density at radius 3 is 2.47 bits per heavy atom. The Kier molecular flexibility index (Phi) is 2.46. The third kappa shape index (κ3) is 3.34. The fraction of sp³-hybridized carbons (Fsp3) is 0.700. The van der Waals surface area contributed by atoms with Gasteiger partial charge in [-0.2, -0.15) is 0 Å². The number of nitrogens with zero attached hydrogens (tertiary/aromatic N) is 3. The molecule has 1 aromatic heterocycles. The van der Waals surface area contributed by atoms with Crippen LogP contribution in [0, 0.1) is 0 Å². The van der Waals surface area contributed by atoms with E-state index >= 15 is 0 Å². The molecule has 5 nitrogen and oxygen atoms in total. The molecule has 1 aliphatic rings. The molecule has 1 saturated carbocycles. The highest BCUT2D eigenvalue weighted by molar-refractivity contribution is 5.47. The lowest BCUT2D eigenvalue weighted by molar-refractivity contribution is 0.626. The van der Waals surface area contributed by atoms with Gasteiger partial charge in [0.1, 0.15) is 0 Å². The Labute approximate surface area is 89.7 Å². The molecule has 0 atom stereocenters. The normalized spacial score (nSPS) is 16.2. The molecule has 1 fully saturated rings. The average Bonchev–Trinajstić information content (AvgIpc) is 2.85. The zero-order valence-electron chi connectivity index (χ0n) is 9.41. The maximum atomic E-state index is 3.94. The van der Waals surface area contributed by atoms with E-state index in [1.165, 1.54) is 12.8 Å². The van der Waals surface area contributed by atoms with Gasteiger partial charge in [-0.05, 0) is 38.8 Å². The highest BCUT2D eigenvalue weighted by Crippen LogP contribution is 2.24. The van der Waals surface area contributed by atoms with Gasteiger partial charge in [0.25, 0.3) is 0 Å². The molecule has 0 saturated heterocycles. The zero-order valence-corrected chi connectivity index (χ0v) is 9.41. The minimum atomic E-state index is -0.00706. The van der Waals surface area contributed by atoms with Crippen LogP contribution in [0.25, 0.3) is 0 Å². The van der Waals surface area contributed by atoms with Crippen molar-refractivity contribution in [3.05, 3.63) is 6.07 Å². The van der Waals surface area contributed by atoms with E-state index in [-0.39, 0.29) is 5.54 Å². The van der Waals surface area contributed by atoms with Crippen LogP contribution in [-0.2, 0) is 0 Å². The Morgan fingerprint density at radius 2 is 1.87 bits per heavy atom. The van der Waals surface area contributed by atoms with E-state index in [9.17, 15) is 0 Å². The molecule has 0 spiro atoms. The fourth-order valence-electron chi connectivity index (χ4n) is 1.26. The number of anilines is 2. The first-order chi connectivity index (χ1) is 7.03. The third-order valence-electron chi connectivity index (χ3n) is 2.01. The summed E-state index contributed by atoms with van der Waals surface area (Å²) in [7, 11) is 0. The SMILES string of the molecule is CC(C)(C)Nc1cc(NC2CC2)nnn1. The van der Waals surface area contributed by atoms with E-state index in [1.807, 2.05) is 6.07 Å². The summed E-state index contributed by atoms with van der Waals surface area (Å²) < 4.78 is 0. The monoisotopic (exact) mass is 207 g/mol. The second kappa shape index (κ2) is 3.64. The van der Waals surface area contributed by atoms with Crippen molar-refractivity contribution in [3.63, 3.8) is 0 Å². The lowest BCUT2D eigenvalue weighted by Gasteiger charge is -2.20. The van der Waals surface area contributed by atoms with Gasteiger partial charge in [0.05, 0.1) is 0 Å². The lowest BCUT2D eigenvalue weighted by atomic mass is 10.1. The van der Waals surface area contributed by atoms with Crippen molar-refractivity contribution in [2.45, 2.75) is 45.2 Å². The second-order valence-corrected chi connectivity index (χ2v) is 5.00. The highest BCUT2D eigenvalue weighted by Gasteiger charge is 2.21. The molecule has 0 radical (unpaired) electrons. The van der Waals surface area contributed by atoms with Crippen molar-refractivity contribution in [2.24, 2.45) is 0 Å². The largest absolute Gasteiger partial charge is 0.366 e. The van der Waals surface area contributed by atoms with Gasteiger partial charge in [-0.15, -0.1) is 10.2 Å². The summed E-state index contributed by atoms with van der Waals surface area (Å²) in [6.07, 6.45) is 2.46. The van der Waals surface area contributed by atoms with Crippen LogP contribution < -0.4 is 10.6 Å². The van der Waals surface area contributed by atoms with Gasteiger partial charge in [0.2, 0.25) is 0 Å². The van der Waals surface area contributed by atoms with Crippen LogP contribution in [-0.4, -0.2) is 27.0 Å². The van der Waals surface area contributed by atoms with Crippen LogP contribution in [0.15, 0.2) is 6.07 Å². The molecule has 82 valence electrons. The quantitative estimate of drug-likeness (QED) is 0.789. The number of hydrogen-bond acceptors (Lipinski definition) is 5. The number of aromatic nitrogens is 3. The van der Waals surface area contributed by atoms with E-state index in [0.29, 0.717) is 6.04 Å². The van der Waals surface area contributed by atoms with Crippen molar-refractivity contribution in [3.8, 4) is 0 Å². The molecule has 1 aromatic rings. The number of hydrogen-bond donors (Lipinski definition) is 2. The van der Waals surface area contributed by atoms with Gasteiger partial charge in [0.15, 0.2) is 11.6 Å². The molecule has 5 heteroatoms. The maximum absolute atomic E-state index is 3.94. The van der Waals surface area contributed by atoms with Crippen LogP contribution in [0.5, 0.6) is 0 Å². The van der Waals surface area contributed by atoms with Crippen molar-refractivity contribution >= 4 is 11.6 Å². The van der Waals surface area contributed by atoms with E-state index in [0.717, 1.165) is 11.6 Å². The molecule has 0 unspecified atom stereocenters. The number of nitrogens with one attached hydrogen (secondary N) is 2. The van der Waals surface area contributed by atoms with Crippen molar-refractivity contribution in [2.75, 3.05) is 10.6 Å². The molecule has 0 aromatic carbocycles. The summed E-state index contributed by atoms with van der Waals surface area (Å²) in [5.41, 5.74) is -0.00706. The van der Waals surface area contributed by atoms with Crippen LogP contribution in [0.2, 0.25) is 0 Å². The molecular weight excluding hydrogens is 190 g/mol. The summed E-state index contributed by atoms with van der Waals surface area (Å²) in [4.78, 5) is 0. The Hall–Kier alpha value is -1.39. The summed E-state index contributed by atoms with van der Waals surface area (Å²) in [5.74, 6) is 1.57. The summed E-state index contributed by atoms with van der Waals surface area (Å²) in [6, 6.07) is 2.49. The summed E-state index contributed by atoms with van der Waals surface area (Å²) in [5, 5.41) is 18.2. The molecule has 15 heavy (non-hydrogen) atoms. The predicted molar refractivity (Wildman–Crippen MR) is 59.8 cm³/mol. The molecule has 1 heterocycles. The third-order valence-corrected chi connectivity index (χ3v) is 2.01. The zero-order chi connectivity index (χ0) is 10.9. The molecule has 0 bridgehead atoms. The topological polar surface area (TPSA) is 62.7 Å².